The van der Waals surface area contributed by atoms with Gasteiger partial charge in [0.05, 0.1) is 17.6 Å². The number of carbonyl (C=O) groups is 3. The van der Waals surface area contributed by atoms with Gasteiger partial charge in [0.2, 0.25) is 0 Å². The van der Waals surface area contributed by atoms with E-state index in [4.69, 9.17) is 26.8 Å². The summed E-state index contributed by atoms with van der Waals surface area (Å²) in [6, 6.07) is 10.0. The van der Waals surface area contributed by atoms with Crippen LogP contribution in [0.1, 0.15) is 15.9 Å². The Bertz CT molecular complexity index is 1100. The Morgan fingerprint density at radius 2 is 2.00 bits per heavy atom. The number of carboxylic acids is 1. The van der Waals surface area contributed by atoms with Crippen LogP contribution in [0.3, 0.4) is 0 Å². The number of nitrogens with zero attached hydrogens (tertiary/aromatic N) is 1. The molecule has 2 N–H and O–H groups in total. The molecule has 2 amide bonds. The van der Waals surface area contributed by atoms with Gasteiger partial charge in [0.1, 0.15) is 5.82 Å². The van der Waals surface area contributed by atoms with Gasteiger partial charge >= 0.3 is 5.97 Å². The number of carbonyl (C=O) groups excluding carboxylic acids is 2. The summed E-state index contributed by atoms with van der Waals surface area (Å²) in [5.74, 6) is -2.74. The first-order valence-electron chi connectivity index (χ1n) is 8.66. The van der Waals surface area contributed by atoms with Crippen molar-refractivity contribution in [1.29, 1.82) is 0 Å². The maximum atomic E-state index is 13.8. The minimum atomic E-state index is -1.13. The van der Waals surface area contributed by atoms with Gasteiger partial charge in [-0.05, 0) is 48.1 Å². The summed E-state index contributed by atoms with van der Waals surface area (Å²) >= 11 is 6.12. The number of nitrogens with one attached hydrogen (secondary N) is 1. The van der Waals surface area contributed by atoms with Crippen molar-refractivity contribution in [2.75, 3.05) is 13.7 Å². The number of carboxylic acid groups (broad SMARTS) is 1. The first-order valence-corrected chi connectivity index (χ1v) is 9.88. The van der Waals surface area contributed by atoms with Crippen molar-refractivity contribution in [2.24, 2.45) is 0 Å². The third kappa shape index (κ3) is 5.19. The standard InChI is InChI=1S/C20H15FN2O6S2/c1-28-15-8-11(6-7-14(15)29-10-17(24)25)9-16-19(27)23(20(30)31-16)22-18(26)12-4-2-3-5-13(12)21/h2-9H,10H2,1H3,(H,22,26)(H,24,25)/b16-9+. The SMILES string of the molecule is COc1cc(/C=C2/SC(=S)N(NC(=O)c3ccccc3F)C2=O)ccc1OCC(=O)O. The summed E-state index contributed by atoms with van der Waals surface area (Å²) < 4.78 is 24.2. The van der Waals surface area contributed by atoms with Gasteiger partial charge in [-0.3, -0.25) is 15.0 Å². The number of hydrazine groups is 1. The lowest BCUT2D eigenvalue weighted by Crippen LogP contribution is -2.45. The predicted molar refractivity (Wildman–Crippen MR) is 115 cm³/mol. The first-order chi connectivity index (χ1) is 14.8. The molecule has 0 aliphatic carbocycles. The molecule has 0 bridgehead atoms. The Morgan fingerprint density at radius 3 is 2.68 bits per heavy atom. The summed E-state index contributed by atoms with van der Waals surface area (Å²) in [7, 11) is 1.39. The normalized spacial score (nSPS) is 14.6. The quantitative estimate of drug-likeness (QED) is 0.478. The maximum absolute atomic E-state index is 13.8. The molecule has 1 aliphatic heterocycles. The van der Waals surface area contributed by atoms with Gasteiger partial charge in [0, 0.05) is 0 Å². The lowest BCUT2D eigenvalue weighted by molar-refractivity contribution is -0.139. The van der Waals surface area contributed by atoms with Crippen molar-refractivity contribution in [3.63, 3.8) is 0 Å². The third-order valence-corrected chi connectivity index (χ3v) is 5.26. The molecular formula is C20H15FN2O6S2. The monoisotopic (exact) mass is 462 g/mol. The molecule has 0 aromatic heterocycles. The summed E-state index contributed by atoms with van der Waals surface area (Å²) in [4.78, 5) is 35.9. The highest BCUT2D eigenvalue weighted by molar-refractivity contribution is 8.26. The van der Waals surface area contributed by atoms with E-state index in [0.717, 1.165) is 22.8 Å². The number of hydrogen-bond donors (Lipinski definition) is 2. The van der Waals surface area contributed by atoms with Crippen molar-refractivity contribution in [3.8, 4) is 11.5 Å². The largest absolute Gasteiger partial charge is 0.493 e. The molecule has 0 atom stereocenters. The molecule has 1 fully saturated rings. The number of methoxy groups -OCH3 is 1. The number of amides is 2. The molecule has 1 aliphatic rings. The molecule has 3 rings (SSSR count). The van der Waals surface area contributed by atoms with Crippen molar-refractivity contribution >= 4 is 52.2 Å². The van der Waals surface area contributed by atoms with Gasteiger partial charge < -0.3 is 14.6 Å². The van der Waals surface area contributed by atoms with Crippen molar-refractivity contribution in [2.45, 2.75) is 0 Å². The molecule has 160 valence electrons. The number of thiocarbonyl (C=S) groups is 1. The van der Waals surface area contributed by atoms with Crippen LogP contribution < -0.4 is 14.9 Å². The van der Waals surface area contributed by atoms with Gasteiger partial charge in [0.15, 0.2) is 22.4 Å². The number of aliphatic carboxylic acids is 1. The topological polar surface area (TPSA) is 105 Å². The zero-order valence-electron chi connectivity index (χ0n) is 16.0. The number of hydrogen-bond acceptors (Lipinski definition) is 7. The van der Waals surface area contributed by atoms with Gasteiger partial charge in [-0.1, -0.05) is 30.0 Å². The molecule has 8 nitrogen and oxygen atoms in total. The zero-order valence-corrected chi connectivity index (χ0v) is 17.6. The van der Waals surface area contributed by atoms with E-state index < -0.39 is 30.2 Å². The van der Waals surface area contributed by atoms with Crippen molar-refractivity contribution in [3.05, 3.63) is 64.3 Å². The van der Waals surface area contributed by atoms with Gasteiger partial charge in [-0.25, -0.2) is 9.18 Å². The predicted octanol–water partition coefficient (Wildman–Crippen LogP) is 2.84. The van der Waals surface area contributed by atoms with Crippen LogP contribution in [0.25, 0.3) is 6.08 Å². The Kier molecular flexibility index (Phi) is 6.88. The molecule has 0 radical (unpaired) electrons. The second kappa shape index (κ2) is 9.58. The smallest absolute Gasteiger partial charge is 0.341 e. The minimum Gasteiger partial charge on any atom is -0.493 e. The fourth-order valence-corrected chi connectivity index (χ4v) is 3.73. The average Bonchev–Trinajstić information content (AvgIpc) is 3.00. The fraction of sp³-hybridized carbons (Fsp3) is 0.100. The molecule has 0 unspecified atom stereocenters. The van der Waals surface area contributed by atoms with E-state index in [2.05, 4.69) is 5.43 Å². The Labute approximate surface area is 185 Å². The molecule has 1 heterocycles. The van der Waals surface area contributed by atoms with Gasteiger partial charge in [-0.15, -0.1) is 0 Å². The minimum absolute atomic E-state index is 0.0781. The van der Waals surface area contributed by atoms with Crippen LogP contribution in [0.5, 0.6) is 11.5 Å². The van der Waals surface area contributed by atoms with Crippen LogP contribution >= 0.6 is 24.0 Å². The Balaban J connectivity index is 1.77. The highest BCUT2D eigenvalue weighted by atomic mass is 32.2. The van der Waals surface area contributed by atoms with Gasteiger partial charge in [0.25, 0.3) is 11.8 Å². The van der Waals surface area contributed by atoms with Crippen LogP contribution in [-0.2, 0) is 9.59 Å². The lowest BCUT2D eigenvalue weighted by Gasteiger charge is -2.15. The zero-order chi connectivity index (χ0) is 22.5. The summed E-state index contributed by atoms with van der Waals surface area (Å²) in [6.45, 7) is -0.532. The van der Waals surface area contributed by atoms with E-state index in [1.165, 1.54) is 37.5 Å². The third-order valence-electron chi connectivity index (χ3n) is 3.96. The van der Waals surface area contributed by atoms with E-state index in [9.17, 15) is 18.8 Å². The maximum Gasteiger partial charge on any atom is 0.341 e. The highest BCUT2D eigenvalue weighted by Gasteiger charge is 2.34. The molecule has 2 aromatic carbocycles. The number of thioether (sulfide) groups is 1. The van der Waals surface area contributed by atoms with E-state index in [0.29, 0.717) is 5.56 Å². The number of ether oxygens (including phenoxy) is 2. The summed E-state index contributed by atoms with van der Waals surface area (Å²) in [5.41, 5.74) is 2.65. The fourth-order valence-electron chi connectivity index (χ4n) is 2.56. The molecule has 2 aromatic rings. The molecule has 31 heavy (non-hydrogen) atoms. The van der Waals surface area contributed by atoms with E-state index in [-0.39, 0.29) is 26.3 Å². The molecule has 11 heteroatoms. The second-order valence-corrected chi connectivity index (χ2v) is 7.71. The van der Waals surface area contributed by atoms with Crippen LogP contribution in [0, 0.1) is 5.82 Å². The first kappa shape index (κ1) is 22.2. The van der Waals surface area contributed by atoms with E-state index in [1.807, 2.05) is 0 Å². The van der Waals surface area contributed by atoms with E-state index in [1.54, 1.807) is 12.1 Å². The summed E-state index contributed by atoms with van der Waals surface area (Å²) in [6.07, 6.45) is 1.53. The van der Waals surface area contributed by atoms with E-state index >= 15 is 0 Å². The van der Waals surface area contributed by atoms with Crippen LogP contribution in [-0.4, -0.2) is 45.9 Å². The van der Waals surface area contributed by atoms with Crippen molar-refractivity contribution in [1.82, 2.24) is 10.4 Å². The number of rotatable bonds is 7. The lowest BCUT2D eigenvalue weighted by atomic mass is 10.2. The van der Waals surface area contributed by atoms with Crippen LogP contribution in [0.2, 0.25) is 0 Å². The van der Waals surface area contributed by atoms with Crippen LogP contribution in [0.4, 0.5) is 4.39 Å². The number of benzene rings is 2. The second-order valence-electron chi connectivity index (χ2n) is 6.03. The summed E-state index contributed by atoms with van der Waals surface area (Å²) in [5, 5.41) is 9.61. The molecule has 0 saturated carbocycles. The number of halogens is 1. The highest BCUT2D eigenvalue weighted by Crippen LogP contribution is 2.34. The molecule has 0 spiro atoms. The molecule has 1 saturated heterocycles. The average molecular weight is 462 g/mol. The van der Waals surface area contributed by atoms with Gasteiger partial charge in [-0.2, -0.15) is 5.01 Å². The molecular weight excluding hydrogens is 447 g/mol. The van der Waals surface area contributed by atoms with Crippen molar-refractivity contribution < 1.29 is 33.4 Å². The Morgan fingerprint density at radius 1 is 1.26 bits per heavy atom. The Hall–Kier alpha value is -3.44. The van der Waals surface area contributed by atoms with Crippen LogP contribution in [0.15, 0.2) is 47.4 Å².